The highest BCUT2D eigenvalue weighted by Crippen LogP contribution is 2.39. The van der Waals surface area contributed by atoms with Gasteiger partial charge in [0.2, 0.25) is 11.9 Å². The number of carbonyl (C=O) groups is 1. The molecule has 1 aromatic carbocycles. The third kappa shape index (κ3) is 3.73. The zero-order valence-corrected chi connectivity index (χ0v) is 18.9. The number of carbonyl (C=O) groups excluding carboxylic acids is 1. The van der Waals surface area contributed by atoms with Crippen molar-refractivity contribution in [1.29, 1.82) is 0 Å². The van der Waals surface area contributed by atoms with Crippen LogP contribution < -0.4 is 15.1 Å². The van der Waals surface area contributed by atoms with Crippen molar-refractivity contribution >= 4 is 28.9 Å². The summed E-state index contributed by atoms with van der Waals surface area (Å²) in [6.45, 7) is 11.0. The number of likely N-dealkylation sites (N-methyl/N-ethyl adjacent to an activating group) is 1. The smallest absolute Gasteiger partial charge is 0.249 e. The molecule has 1 aliphatic heterocycles. The summed E-state index contributed by atoms with van der Waals surface area (Å²) < 4.78 is 1.91. The summed E-state index contributed by atoms with van der Waals surface area (Å²) in [7, 11) is 1.83. The Bertz CT molecular complexity index is 1120. The number of hydrogen-bond acceptors (Lipinski definition) is 6. The molecule has 1 aliphatic rings. The lowest BCUT2D eigenvalue weighted by atomic mass is 10.0. The maximum atomic E-state index is 12.6. The van der Waals surface area contributed by atoms with Crippen LogP contribution in [0.4, 0.5) is 23.0 Å². The Morgan fingerprint density at radius 1 is 1.19 bits per heavy atom. The number of fused-ring (bicyclic) bond motifs is 1. The van der Waals surface area contributed by atoms with Crippen molar-refractivity contribution in [3.63, 3.8) is 0 Å². The molecule has 1 amide bonds. The molecule has 4 rings (SSSR count). The fourth-order valence-corrected chi connectivity index (χ4v) is 4.17. The van der Waals surface area contributed by atoms with Gasteiger partial charge in [0, 0.05) is 43.3 Å². The monoisotopic (exact) mass is 419 g/mol. The molecular weight excluding hydrogens is 390 g/mol. The van der Waals surface area contributed by atoms with Crippen LogP contribution in [0.1, 0.15) is 33.4 Å². The second kappa shape index (κ2) is 8.02. The molecule has 0 radical (unpaired) electrons. The quantitative estimate of drug-likeness (QED) is 0.674. The average molecular weight is 420 g/mol. The fraction of sp³-hybridized carbons (Fsp3) is 0.391. The van der Waals surface area contributed by atoms with Gasteiger partial charge in [0.25, 0.3) is 0 Å². The van der Waals surface area contributed by atoms with E-state index < -0.39 is 0 Å². The largest absolute Gasteiger partial charge is 0.356 e. The molecule has 1 unspecified atom stereocenters. The molecule has 8 heteroatoms. The molecule has 2 aromatic heterocycles. The van der Waals surface area contributed by atoms with E-state index in [0.717, 1.165) is 40.6 Å². The third-order valence-electron chi connectivity index (χ3n) is 5.73. The first kappa shape index (κ1) is 20.8. The standard InChI is InChI=1S/C23H29N7O/c1-7-29-13-18(15(4)27-29)19-10-11-24-23(26-19)25-17-8-9-20-21(12-17)30(14(2)3)16(5)22(31)28(20)6/h8-14,16H,7H2,1-6H3,(H,24,25,26). The molecule has 0 saturated heterocycles. The van der Waals surface area contributed by atoms with Crippen molar-refractivity contribution in [3.05, 3.63) is 42.4 Å². The number of amides is 1. The molecule has 0 spiro atoms. The van der Waals surface area contributed by atoms with E-state index in [9.17, 15) is 4.79 Å². The first-order valence-corrected chi connectivity index (χ1v) is 10.6. The van der Waals surface area contributed by atoms with Crippen LogP contribution in [0.3, 0.4) is 0 Å². The summed E-state index contributed by atoms with van der Waals surface area (Å²) >= 11 is 0. The minimum atomic E-state index is -0.217. The summed E-state index contributed by atoms with van der Waals surface area (Å²) in [5.41, 5.74) is 5.56. The Labute approximate surface area is 182 Å². The minimum absolute atomic E-state index is 0.0981. The van der Waals surface area contributed by atoms with E-state index in [2.05, 4.69) is 47.1 Å². The number of nitrogens with zero attached hydrogens (tertiary/aromatic N) is 6. The van der Waals surface area contributed by atoms with Crippen LogP contribution in [0, 0.1) is 6.92 Å². The van der Waals surface area contributed by atoms with Gasteiger partial charge in [-0.25, -0.2) is 9.97 Å². The van der Waals surface area contributed by atoms with E-state index in [1.165, 1.54) is 0 Å². The molecule has 1 atom stereocenters. The lowest BCUT2D eigenvalue weighted by molar-refractivity contribution is -0.119. The van der Waals surface area contributed by atoms with Gasteiger partial charge in [0.1, 0.15) is 6.04 Å². The molecule has 3 heterocycles. The maximum absolute atomic E-state index is 12.6. The second-order valence-electron chi connectivity index (χ2n) is 8.15. The second-order valence-corrected chi connectivity index (χ2v) is 8.15. The Balaban J connectivity index is 1.67. The molecule has 3 aromatic rings. The van der Waals surface area contributed by atoms with Gasteiger partial charge in [-0.3, -0.25) is 9.48 Å². The van der Waals surface area contributed by atoms with Crippen LogP contribution in [-0.2, 0) is 11.3 Å². The minimum Gasteiger partial charge on any atom is -0.356 e. The van der Waals surface area contributed by atoms with Crippen molar-refractivity contribution in [2.45, 2.75) is 53.2 Å². The molecule has 0 bridgehead atoms. The van der Waals surface area contributed by atoms with Crippen molar-refractivity contribution in [3.8, 4) is 11.3 Å². The highest BCUT2D eigenvalue weighted by molar-refractivity contribution is 6.05. The number of nitrogens with one attached hydrogen (secondary N) is 1. The zero-order chi connectivity index (χ0) is 22.3. The maximum Gasteiger partial charge on any atom is 0.249 e. The Morgan fingerprint density at radius 2 is 1.97 bits per heavy atom. The van der Waals surface area contributed by atoms with Crippen LogP contribution in [0.15, 0.2) is 36.7 Å². The van der Waals surface area contributed by atoms with Gasteiger partial charge in [-0.05, 0) is 58.9 Å². The highest BCUT2D eigenvalue weighted by atomic mass is 16.2. The van der Waals surface area contributed by atoms with Gasteiger partial charge in [-0.2, -0.15) is 5.10 Å². The van der Waals surface area contributed by atoms with Crippen LogP contribution in [0.25, 0.3) is 11.3 Å². The molecule has 162 valence electrons. The predicted molar refractivity (Wildman–Crippen MR) is 124 cm³/mol. The first-order chi connectivity index (χ1) is 14.8. The van der Waals surface area contributed by atoms with Gasteiger partial charge < -0.3 is 15.1 Å². The number of aromatic nitrogens is 4. The zero-order valence-electron chi connectivity index (χ0n) is 18.9. The van der Waals surface area contributed by atoms with Gasteiger partial charge in [0.15, 0.2) is 0 Å². The summed E-state index contributed by atoms with van der Waals surface area (Å²) in [4.78, 5) is 25.6. The molecular formula is C23H29N7O. The van der Waals surface area contributed by atoms with Crippen LogP contribution >= 0.6 is 0 Å². The summed E-state index contributed by atoms with van der Waals surface area (Å²) in [6.07, 6.45) is 3.76. The van der Waals surface area contributed by atoms with Crippen LogP contribution in [0.2, 0.25) is 0 Å². The molecule has 0 aliphatic carbocycles. The first-order valence-electron chi connectivity index (χ1n) is 10.6. The number of hydrogen-bond donors (Lipinski definition) is 1. The Morgan fingerprint density at radius 3 is 2.65 bits per heavy atom. The molecule has 31 heavy (non-hydrogen) atoms. The third-order valence-corrected chi connectivity index (χ3v) is 5.73. The topological polar surface area (TPSA) is 79.2 Å². The van der Waals surface area contributed by atoms with Crippen molar-refractivity contribution in [1.82, 2.24) is 19.7 Å². The normalized spacial score (nSPS) is 16.1. The highest BCUT2D eigenvalue weighted by Gasteiger charge is 2.34. The Hall–Kier alpha value is -3.42. The summed E-state index contributed by atoms with van der Waals surface area (Å²) in [5.74, 6) is 0.617. The summed E-state index contributed by atoms with van der Waals surface area (Å²) in [6, 6.07) is 7.85. The van der Waals surface area contributed by atoms with Crippen LogP contribution in [0.5, 0.6) is 0 Å². The van der Waals surface area contributed by atoms with Gasteiger partial charge >= 0.3 is 0 Å². The molecule has 0 saturated carbocycles. The van der Waals surface area contributed by atoms with E-state index in [0.29, 0.717) is 5.95 Å². The lowest BCUT2D eigenvalue weighted by Crippen LogP contribution is -2.53. The Kier molecular flexibility index (Phi) is 5.39. The van der Waals surface area contributed by atoms with Gasteiger partial charge in [-0.1, -0.05) is 0 Å². The number of benzene rings is 1. The van der Waals surface area contributed by atoms with E-state index in [4.69, 9.17) is 4.98 Å². The average Bonchev–Trinajstić information content (AvgIpc) is 3.13. The van der Waals surface area contributed by atoms with Crippen LogP contribution in [-0.4, -0.2) is 44.8 Å². The molecule has 8 nitrogen and oxygen atoms in total. The molecule has 1 N–H and O–H groups in total. The van der Waals surface area contributed by atoms with Crippen molar-refractivity contribution in [2.75, 3.05) is 22.2 Å². The fourth-order valence-electron chi connectivity index (χ4n) is 4.17. The number of rotatable bonds is 5. The van der Waals surface area contributed by atoms with Gasteiger partial charge in [-0.15, -0.1) is 0 Å². The number of anilines is 4. The van der Waals surface area contributed by atoms with Gasteiger partial charge in [0.05, 0.1) is 22.8 Å². The predicted octanol–water partition coefficient (Wildman–Crippen LogP) is 3.99. The van der Waals surface area contributed by atoms with Crippen molar-refractivity contribution in [2.24, 2.45) is 0 Å². The van der Waals surface area contributed by atoms with E-state index in [1.807, 2.05) is 50.0 Å². The molecule has 0 fully saturated rings. The SMILES string of the molecule is CCn1cc(-c2ccnc(Nc3ccc4c(c3)N(C(C)C)C(C)C(=O)N4C)n2)c(C)n1. The lowest BCUT2D eigenvalue weighted by Gasteiger charge is -2.42. The van der Waals surface area contributed by atoms with E-state index in [1.54, 1.807) is 11.1 Å². The van der Waals surface area contributed by atoms with E-state index in [-0.39, 0.29) is 18.0 Å². The number of aryl methyl sites for hydroxylation is 2. The summed E-state index contributed by atoms with van der Waals surface area (Å²) in [5, 5.41) is 7.84. The van der Waals surface area contributed by atoms with Crippen molar-refractivity contribution < 1.29 is 4.79 Å². The van der Waals surface area contributed by atoms with E-state index >= 15 is 0 Å².